The largest absolute Gasteiger partial charge is 0.465 e. The number of nitrogens with zero attached hydrogens (tertiary/aromatic N) is 1. The normalized spacial score (nSPS) is 10.5. The van der Waals surface area contributed by atoms with Crippen molar-refractivity contribution >= 4 is 37.8 Å². The van der Waals surface area contributed by atoms with Crippen LogP contribution in [0.1, 0.15) is 21.6 Å². The van der Waals surface area contributed by atoms with Gasteiger partial charge in [0.2, 0.25) is 0 Å². The lowest BCUT2D eigenvalue weighted by molar-refractivity contribution is 0.0600. The van der Waals surface area contributed by atoms with Crippen LogP contribution in [0.2, 0.25) is 0 Å². The zero-order valence-corrected chi connectivity index (χ0v) is 15.2. The third-order valence-electron chi connectivity index (χ3n) is 3.35. The van der Waals surface area contributed by atoms with Crippen molar-refractivity contribution in [2.45, 2.75) is 18.3 Å². The molecule has 0 aliphatic carbocycles. The van der Waals surface area contributed by atoms with Gasteiger partial charge in [-0.15, -0.1) is 0 Å². The van der Waals surface area contributed by atoms with E-state index >= 15 is 0 Å². The molecule has 0 aliphatic rings. The number of aromatic nitrogens is 1. The third kappa shape index (κ3) is 3.87. The van der Waals surface area contributed by atoms with Crippen molar-refractivity contribution in [3.05, 3.63) is 68.0 Å². The summed E-state index contributed by atoms with van der Waals surface area (Å²) in [6, 6.07) is 10.9. The van der Waals surface area contributed by atoms with Crippen LogP contribution in [0.3, 0.4) is 0 Å². The zero-order valence-electron chi connectivity index (χ0n) is 12.0. The molecule has 0 atom stereocenters. The van der Waals surface area contributed by atoms with Crippen LogP contribution < -0.4 is 5.56 Å². The maximum absolute atomic E-state index is 12.2. The van der Waals surface area contributed by atoms with Crippen molar-refractivity contribution in [2.75, 3.05) is 7.11 Å². The van der Waals surface area contributed by atoms with Gasteiger partial charge in [-0.2, -0.15) is 0 Å². The van der Waals surface area contributed by atoms with Gasteiger partial charge < -0.3 is 9.30 Å². The van der Waals surface area contributed by atoms with Gasteiger partial charge in [-0.1, -0.05) is 28.1 Å². The number of carbonyl (C=O) groups excluding carboxylic acids is 1. The quantitative estimate of drug-likeness (QED) is 0.540. The number of alkyl halides is 1. The van der Waals surface area contributed by atoms with Gasteiger partial charge in [-0.25, -0.2) is 4.79 Å². The second kappa shape index (κ2) is 7.74. The minimum Gasteiger partial charge on any atom is -0.465 e. The molecule has 0 fully saturated rings. The van der Waals surface area contributed by atoms with Crippen molar-refractivity contribution in [3.8, 4) is 0 Å². The maximum Gasteiger partial charge on any atom is 0.337 e. The Labute approximate surface area is 145 Å². The number of methoxy groups -OCH3 is 1. The summed E-state index contributed by atoms with van der Waals surface area (Å²) in [7, 11) is 1.36. The molecule has 0 radical (unpaired) electrons. The number of halogens is 2. The van der Waals surface area contributed by atoms with Crippen LogP contribution in [0.25, 0.3) is 0 Å². The zero-order chi connectivity index (χ0) is 16.1. The first-order chi connectivity index (χ1) is 10.6. The van der Waals surface area contributed by atoms with E-state index in [1.807, 2.05) is 18.2 Å². The Morgan fingerprint density at radius 3 is 2.45 bits per heavy atom. The molecular formula is C16H15Br2NO3. The lowest BCUT2D eigenvalue weighted by Crippen LogP contribution is -2.24. The lowest BCUT2D eigenvalue weighted by Gasteiger charge is -2.12. The van der Waals surface area contributed by atoms with Gasteiger partial charge >= 0.3 is 5.97 Å². The highest BCUT2D eigenvalue weighted by Crippen LogP contribution is 2.11. The second-order valence-corrected chi connectivity index (χ2v) is 6.12. The van der Waals surface area contributed by atoms with Gasteiger partial charge in [0.15, 0.2) is 0 Å². The molecular weight excluding hydrogens is 414 g/mol. The van der Waals surface area contributed by atoms with Crippen molar-refractivity contribution in [1.29, 1.82) is 0 Å². The van der Waals surface area contributed by atoms with E-state index < -0.39 is 0 Å². The van der Waals surface area contributed by atoms with E-state index in [1.165, 1.54) is 7.11 Å². The Morgan fingerprint density at radius 2 is 1.86 bits per heavy atom. The molecule has 1 aromatic carbocycles. The monoisotopic (exact) mass is 427 g/mol. The number of esters is 1. The van der Waals surface area contributed by atoms with Gasteiger partial charge in [0.05, 0.1) is 17.1 Å². The molecule has 0 aliphatic heterocycles. The summed E-state index contributed by atoms with van der Waals surface area (Å²) in [5, 5.41) is 0.622. The number of hydrogen-bond acceptors (Lipinski definition) is 3. The van der Waals surface area contributed by atoms with Gasteiger partial charge in [-0.3, -0.25) is 4.79 Å². The van der Waals surface area contributed by atoms with Crippen LogP contribution in [0.15, 0.2) is 45.7 Å². The van der Waals surface area contributed by atoms with Crippen LogP contribution in [0, 0.1) is 0 Å². The molecule has 0 unspecified atom stereocenters. The smallest absolute Gasteiger partial charge is 0.337 e. The summed E-state index contributed by atoms with van der Waals surface area (Å²) in [4.78, 5) is 23.6. The summed E-state index contributed by atoms with van der Waals surface area (Å²) in [6.07, 6.45) is 0.706. The highest BCUT2D eigenvalue weighted by molar-refractivity contribution is 9.10. The minimum absolute atomic E-state index is 0.0388. The number of rotatable bonds is 5. The van der Waals surface area contributed by atoms with E-state index in [-0.39, 0.29) is 11.5 Å². The highest BCUT2D eigenvalue weighted by atomic mass is 79.9. The molecule has 22 heavy (non-hydrogen) atoms. The number of carbonyl (C=O) groups is 1. The molecule has 4 nitrogen and oxygen atoms in total. The van der Waals surface area contributed by atoms with Crippen LogP contribution >= 0.6 is 31.9 Å². The summed E-state index contributed by atoms with van der Waals surface area (Å²) < 4.78 is 6.97. The number of pyridine rings is 1. The van der Waals surface area contributed by atoms with Crippen LogP contribution in [-0.4, -0.2) is 17.6 Å². The van der Waals surface area contributed by atoms with E-state index in [1.54, 1.807) is 22.8 Å². The number of benzene rings is 1. The molecule has 0 N–H and O–H groups in total. The Bertz CT molecular complexity index is 723. The molecule has 1 aromatic heterocycles. The molecule has 0 amide bonds. The summed E-state index contributed by atoms with van der Waals surface area (Å²) in [6.45, 7) is 0.580. The molecule has 6 heteroatoms. The fraction of sp³-hybridized carbons (Fsp3) is 0.250. The highest BCUT2D eigenvalue weighted by Gasteiger charge is 2.08. The molecule has 0 bridgehead atoms. The number of hydrogen-bond donors (Lipinski definition) is 0. The topological polar surface area (TPSA) is 48.3 Å². The molecule has 0 saturated heterocycles. The van der Waals surface area contributed by atoms with E-state index in [9.17, 15) is 9.59 Å². The first-order valence-corrected chi connectivity index (χ1v) is 8.59. The third-order valence-corrected chi connectivity index (χ3v) is 4.53. The summed E-state index contributed by atoms with van der Waals surface area (Å²) >= 11 is 6.67. The summed E-state index contributed by atoms with van der Waals surface area (Å²) in [5.41, 5.74) is 2.47. The van der Waals surface area contributed by atoms with Crippen molar-refractivity contribution in [3.63, 3.8) is 0 Å². The maximum atomic E-state index is 12.2. The summed E-state index contributed by atoms with van der Waals surface area (Å²) in [5.74, 6) is -0.351. The van der Waals surface area contributed by atoms with Gasteiger partial charge in [-0.05, 0) is 52.2 Å². The Balaban J connectivity index is 2.15. The molecule has 2 rings (SSSR count). The SMILES string of the molecule is COC(=O)c1ccc(CCn2c(CBr)ccc(Br)c2=O)cc1. The number of aryl methyl sites for hydroxylation is 1. The van der Waals surface area contributed by atoms with E-state index in [4.69, 9.17) is 0 Å². The molecule has 0 spiro atoms. The molecule has 1 heterocycles. The Morgan fingerprint density at radius 1 is 1.18 bits per heavy atom. The molecule has 0 saturated carbocycles. The van der Waals surface area contributed by atoms with Crippen LogP contribution in [0.4, 0.5) is 0 Å². The molecule has 116 valence electrons. The van der Waals surface area contributed by atoms with Crippen molar-refractivity contribution in [2.24, 2.45) is 0 Å². The Kier molecular flexibility index (Phi) is 5.97. The average Bonchev–Trinajstić information content (AvgIpc) is 2.56. The van der Waals surface area contributed by atoms with Crippen molar-refractivity contribution in [1.82, 2.24) is 4.57 Å². The first-order valence-electron chi connectivity index (χ1n) is 6.68. The van der Waals surface area contributed by atoms with Gasteiger partial charge in [0.25, 0.3) is 5.56 Å². The van der Waals surface area contributed by atoms with E-state index in [0.29, 0.717) is 28.3 Å². The lowest BCUT2D eigenvalue weighted by atomic mass is 10.1. The fourth-order valence-electron chi connectivity index (χ4n) is 2.12. The van der Waals surface area contributed by atoms with Gasteiger partial charge in [0.1, 0.15) is 0 Å². The van der Waals surface area contributed by atoms with E-state index in [0.717, 1.165) is 11.3 Å². The fourth-order valence-corrected chi connectivity index (χ4v) is 2.95. The standard InChI is InChI=1S/C16H15Br2NO3/c1-22-16(21)12-4-2-11(3-5-12)8-9-19-13(10-17)6-7-14(18)15(19)20/h2-7H,8-10H2,1H3. The second-order valence-electron chi connectivity index (χ2n) is 4.70. The van der Waals surface area contributed by atoms with Crippen LogP contribution in [0.5, 0.6) is 0 Å². The predicted octanol–water partition coefficient (Wildman–Crippen LogP) is 3.54. The number of ether oxygens (including phenoxy) is 1. The van der Waals surface area contributed by atoms with Gasteiger partial charge in [0, 0.05) is 17.6 Å². The average molecular weight is 429 g/mol. The van der Waals surface area contributed by atoms with E-state index in [2.05, 4.69) is 36.6 Å². The van der Waals surface area contributed by atoms with Crippen LogP contribution in [-0.2, 0) is 23.0 Å². The minimum atomic E-state index is -0.351. The predicted molar refractivity (Wildman–Crippen MR) is 92.5 cm³/mol. The van der Waals surface area contributed by atoms with Crippen molar-refractivity contribution < 1.29 is 9.53 Å². The molecule has 2 aromatic rings. The first kappa shape index (κ1) is 17.0. The Hall–Kier alpha value is -1.40.